The third-order valence-electron chi connectivity index (χ3n) is 3.15. The van der Waals surface area contributed by atoms with Crippen molar-refractivity contribution in [2.75, 3.05) is 6.67 Å². The zero-order valence-corrected chi connectivity index (χ0v) is 10.7. The average Bonchev–Trinajstić information content (AvgIpc) is 2.43. The number of allylic oxidation sites excluding steroid dienone is 3. The first-order valence-electron chi connectivity index (χ1n) is 6.05. The van der Waals surface area contributed by atoms with Crippen LogP contribution in [-0.4, -0.2) is 12.9 Å². The molecule has 0 saturated carbocycles. The molecule has 1 aliphatic heterocycles. The van der Waals surface area contributed by atoms with Gasteiger partial charge in [-0.1, -0.05) is 30.7 Å². The molecule has 0 bridgehead atoms. The van der Waals surface area contributed by atoms with Crippen LogP contribution in [0.1, 0.15) is 19.4 Å². The standard InChI is InChI=1S/C15H17FN2/c1-11-6-7-17-10-18-9-15(12(11)2)13-4-3-5-14(16)8-13/h3-9,11,17H,10H2,1-2H3/b7-6-,15-12+,18-9-. The highest BCUT2D eigenvalue weighted by atomic mass is 19.1. The van der Waals surface area contributed by atoms with Gasteiger partial charge in [-0.05, 0) is 42.3 Å². The topological polar surface area (TPSA) is 24.4 Å². The van der Waals surface area contributed by atoms with E-state index in [0.717, 1.165) is 11.1 Å². The Morgan fingerprint density at radius 2 is 2.22 bits per heavy atom. The van der Waals surface area contributed by atoms with Crippen molar-refractivity contribution in [1.29, 1.82) is 0 Å². The molecule has 1 unspecified atom stereocenters. The van der Waals surface area contributed by atoms with Crippen molar-refractivity contribution < 1.29 is 4.39 Å². The molecular formula is C15H17FN2. The number of hydrogen-bond donors (Lipinski definition) is 1. The second-order valence-corrected chi connectivity index (χ2v) is 4.43. The predicted molar refractivity (Wildman–Crippen MR) is 73.8 cm³/mol. The lowest BCUT2D eigenvalue weighted by atomic mass is 9.93. The summed E-state index contributed by atoms with van der Waals surface area (Å²) in [6.07, 6.45) is 5.82. The van der Waals surface area contributed by atoms with Crippen LogP contribution in [0.15, 0.2) is 47.1 Å². The summed E-state index contributed by atoms with van der Waals surface area (Å²) in [6.45, 7) is 4.72. The van der Waals surface area contributed by atoms with Gasteiger partial charge in [-0.15, -0.1) is 0 Å². The second kappa shape index (κ2) is 5.63. The minimum Gasteiger partial charge on any atom is -0.373 e. The lowest BCUT2D eigenvalue weighted by molar-refractivity contribution is 0.627. The second-order valence-electron chi connectivity index (χ2n) is 4.43. The molecule has 1 heterocycles. The Morgan fingerprint density at radius 1 is 1.39 bits per heavy atom. The van der Waals surface area contributed by atoms with Crippen LogP contribution in [0.25, 0.3) is 5.57 Å². The Hall–Kier alpha value is -1.90. The van der Waals surface area contributed by atoms with E-state index in [1.165, 1.54) is 11.6 Å². The summed E-state index contributed by atoms with van der Waals surface area (Å²) in [6, 6.07) is 6.64. The largest absolute Gasteiger partial charge is 0.373 e. The van der Waals surface area contributed by atoms with Crippen LogP contribution >= 0.6 is 0 Å². The van der Waals surface area contributed by atoms with Gasteiger partial charge in [0, 0.05) is 6.21 Å². The summed E-state index contributed by atoms with van der Waals surface area (Å²) in [5.74, 6) is 0.0720. The number of hydrogen-bond acceptors (Lipinski definition) is 2. The van der Waals surface area contributed by atoms with Gasteiger partial charge in [0.05, 0.1) is 0 Å². The lowest BCUT2D eigenvalue weighted by Gasteiger charge is -2.12. The Labute approximate surface area is 107 Å². The van der Waals surface area contributed by atoms with Crippen LogP contribution in [0.2, 0.25) is 0 Å². The van der Waals surface area contributed by atoms with E-state index in [-0.39, 0.29) is 5.82 Å². The average molecular weight is 244 g/mol. The number of benzene rings is 1. The molecule has 0 spiro atoms. The summed E-state index contributed by atoms with van der Waals surface area (Å²) in [5, 5.41) is 3.08. The van der Waals surface area contributed by atoms with Crippen molar-refractivity contribution in [3.05, 3.63) is 53.5 Å². The van der Waals surface area contributed by atoms with Crippen LogP contribution in [0.5, 0.6) is 0 Å². The van der Waals surface area contributed by atoms with Crippen LogP contribution < -0.4 is 5.32 Å². The third kappa shape index (κ3) is 2.86. The SMILES string of the molecule is C/C1=C(c2cccc(F)c2)/C=N\CN/C=C\C1C. The first-order chi connectivity index (χ1) is 8.68. The van der Waals surface area contributed by atoms with E-state index < -0.39 is 0 Å². The molecule has 0 fully saturated rings. The Bertz CT molecular complexity index is 515. The maximum absolute atomic E-state index is 13.3. The fourth-order valence-corrected chi connectivity index (χ4v) is 1.90. The first kappa shape index (κ1) is 12.6. The van der Waals surface area contributed by atoms with Crippen LogP contribution in [0, 0.1) is 11.7 Å². The van der Waals surface area contributed by atoms with Crippen LogP contribution in [0.4, 0.5) is 4.39 Å². The molecule has 1 aliphatic rings. The maximum atomic E-state index is 13.3. The van der Waals surface area contributed by atoms with E-state index in [4.69, 9.17) is 0 Å². The fourth-order valence-electron chi connectivity index (χ4n) is 1.90. The van der Waals surface area contributed by atoms with E-state index in [1.807, 2.05) is 18.5 Å². The molecule has 0 radical (unpaired) electrons. The summed E-state index contributed by atoms with van der Waals surface area (Å²) in [4.78, 5) is 4.30. The zero-order chi connectivity index (χ0) is 13.0. The van der Waals surface area contributed by atoms with E-state index in [9.17, 15) is 4.39 Å². The van der Waals surface area contributed by atoms with Crippen LogP contribution in [0.3, 0.4) is 0 Å². The Balaban J connectivity index is 2.49. The molecule has 1 aromatic carbocycles. The highest BCUT2D eigenvalue weighted by Crippen LogP contribution is 2.24. The fraction of sp³-hybridized carbons (Fsp3) is 0.267. The summed E-state index contributed by atoms with van der Waals surface area (Å²) < 4.78 is 13.3. The van der Waals surface area contributed by atoms with Gasteiger partial charge in [0.2, 0.25) is 0 Å². The van der Waals surface area contributed by atoms with Gasteiger partial charge in [0.1, 0.15) is 12.5 Å². The molecule has 0 amide bonds. The van der Waals surface area contributed by atoms with Crippen molar-refractivity contribution in [2.45, 2.75) is 13.8 Å². The Morgan fingerprint density at radius 3 is 3.00 bits per heavy atom. The quantitative estimate of drug-likeness (QED) is 0.804. The van der Waals surface area contributed by atoms with Crippen LogP contribution in [-0.2, 0) is 0 Å². The highest BCUT2D eigenvalue weighted by Gasteiger charge is 2.10. The predicted octanol–water partition coefficient (Wildman–Crippen LogP) is 3.38. The molecule has 94 valence electrons. The molecule has 0 aliphatic carbocycles. The smallest absolute Gasteiger partial charge is 0.123 e. The van der Waals surface area contributed by atoms with Crippen molar-refractivity contribution >= 4 is 11.8 Å². The number of nitrogens with zero attached hydrogens (tertiary/aromatic N) is 1. The van der Waals surface area contributed by atoms with Crippen molar-refractivity contribution in [3.63, 3.8) is 0 Å². The van der Waals surface area contributed by atoms with Gasteiger partial charge in [0.25, 0.3) is 0 Å². The number of nitrogens with one attached hydrogen (secondary N) is 1. The van der Waals surface area contributed by atoms with E-state index in [2.05, 4.69) is 30.2 Å². The molecule has 0 saturated heterocycles. The van der Waals surface area contributed by atoms with Crippen molar-refractivity contribution in [1.82, 2.24) is 5.32 Å². The van der Waals surface area contributed by atoms with Crippen molar-refractivity contribution in [2.24, 2.45) is 10.9 Å². The number of halogens is 1. The minimum atomic E-state index is -0.220. The monoisotopic (exact) mass is 244 g/mol. The van der Waals surface area contributed by atoms with Gasteiger partial charge >= 0.3 is 0 Å². The summed E-state index contributed by atoms with van der Waals surface area (Å²) in [5.41, 5.74) is 3.05. The van der Waals surface area contributed by atoms with Gasteiger partial charge in [0.15, 0.2) is 0 Å². The molecule has 18 heavy (non-hydrogen) atoms. The molecule has 2 nitrogen and oxygen atoms in total. The van der Waals surface area contributed by atoms with Gasteiger partial charge in [-0.3, -0.25) is 4.99 Å². The first-order valence-corrected chi connectivity index (χ1v) is 6.05. The Kier molecular flexibility index (Phi) is 3.92. The lowest BCUT2D eigenvalue weighted by Crippen LogP contribution is -2.04. The number of rotatable bonds is 1. The highest BCUT2D eigenvalue weighted by molar-refractivity contribution is 6.11. The third-order valence-corrected chi connectivity index (χ3v) is 3.15. The van der Waals surface area contributed by atoms with Gasteiger partial charge in [-0.2, -0.15) is 0 Å². The zero-order valence-electron chi connectivity index (χ0n) is 10.7. The summed E-state index contributed by atoms with van der Waals surface area (Å²) in [7, 11) is 0. The summed E-state index contributed by atoms with van der Waals surface area (Å²) >= 11 is 0. The normalized spacial score (nSPS) is 27.6. The molecule has 2 rings (SSSR count). The number of aliphatic imine (C=N–C) groups is 1. The van der Waals surface area contributed by atoms with E-state index in [0.29, 0.717) is 12.6 Å². The molecule has 1 N–H and O–H groups in total. The van der Waals surface area contributed by atoms with E-state index in [1.54, 1.807) is 12.1 Å². The van der Waals surface area contributed by atoms with E-state index >= 15 is 0 Å². The molecule has 0 aromatic heterocycles. The molecular weight excluding hydrogens is 227 g/mol. The maximum Gasteiger partial charge on any atom is 0.123 e. The van der Waals surface area contributed by atoms with Gasteiger partial charge < -0.3 is 5.32 Å². The molecule has 1 aromatic rings. The molecule has 1 atom stereocenters. The molecule has 3 heteroatoms. The van der Waals surface area contributed by atoms with Crippen molar-refractivity contribution in [3.8, 4) is 0 Å². The minimum absolute atomic E-state index is 0.220. The van der Waals surface area contributed by atoms with Gasteiger partial charge in [-0.25, -0.2) is 4.39 Å².